The van der Waals surface area contributed by atoms with Crippen LogP contribution in [-0.4, -0.2) is 32.4 Å². The smallest absolute Gasteiger partial charge is 0.341 e. The van der Waals surface area contributed by atoms with Gasteiger partial charge >= 0.3 is 5.97 Å². The number of ether oxygens (including phenoxy) is 1. The molecule has 2 aromatic carbocycles. The van der Waals surface area contributed by atoms with Gasteiger partial charge in [0.15, 0.2) is 16.4 Å². The first-order chi connectivity index (χ1) is 11.2. The summed E-state index contributed by atoms with van der Waals surface area (Å²) in [5.41, 5.74) is 0.828. The molecule has 0 atom stereocenters. The number of carboxylic acids is 1. The minimum Gasteiger partial charge on any atom is -0.482 e. The van der Waals surface area contributed by atoms with Gasteiger partial charge in [-0.15, -0.1) is 0 Å². The Kier molecular flexibility index (Phi) is 5.46. The first-order valence-corrected chi connectivity index (χ1v) is 9.06. The predicted molar refractivity (Wildman–Crippen MR) is 86.9 cm³/mol. The van der Waals surface area contributed by atoms with E-state index in [2.05, 4.69) is 0 Å². The Labute approximate surface area is 143 Å². The molecule has 0 radical (unpaired) electrons. The van der Waals surface area contributed by atoms with Crippen molar-refractivity contribution in [2.24, 2.45) is 0 Å². The van der Waals surface area contributed by atoms with Gasteiger partial charge in [-0.1, -0.05) is 23.7 Å². The SMILES string of the molecule is CS(=O)(=O)c1cccc(Cc2cc(F)ccc2OCC(=O)O)c1Cl. The van der Waals surface area contributed by atoms with Crippen molar-refractivity contribution in [3.8, 4) is 5.75 Å². The zero-order valence-electron chi connectivity index (χ0n) is 12.6. The largest absolute Gasteiger partial charge is 0.482 e. The van der Waals surface area contributed by atoms with Crippen LogP contribution >= 0.6 is 11.6 Å². The minimum atomic E-state index is -3.50. The topological polar surface area (TPSA) is 80.7 Å². The molecule has 0 aliphatic rings. The average molecular weight is 373 g/mol. The third-order valence-corrected chi connectivity index (χ3v) is 4.89. The number of benzene rings is 2. The van der Waals surface area contributed by atoms with E-state index in [0.29, 0.717) is 11.1 Å². The zero-order valence-corrected chi connectivity index (χ0v) is 14.2. The Morgan fingerprint density at radius 2 is 1.96 bits per heavy atom. The van der Waals surface area contributed by atoms with Gasteiger partial charge in [-0.3, -0.25) is 0 Å². The highest BCUT2D eigenvalue weighted by atomic mass is 35.5. The molecule has 0 aliphatic carbocycles. The number of carboxylic acid groups (broad SMARTS) is 1. The van der Waals surface area contributed by atoms with E-state index < -0.39 is 28.2 Å². The lowest BCUT2D eigenvalue weighted by Crippen LogP contribution is -2.11. The highest BCUT2D eigenvalue weighted by Gasteiger charge is 2.17. The van der Waals surface area contributed by atoms with E-state index in [1.54, 1.807) is 6.07 Å². The molecule has 0 amide bonds. The summed E-state index contributed by atoms with van der Waals surface area (Å²) < 4.78 is 42.1. The molecule has 8 heteroatoms. The molecule has 1 N–H and O–H groups in total. The van der Waals surface area contributed by atoms with E-state index in [1.807, 2.05) is 0 Å². The summed E-state index contributed by atoms with van der Waals surface area (Å²) in [6, 6.07) is 8.20. The molecule has 24 heavy (non-hydrogen) atoms. The van der Waals surface area contributed by atoms with Gasteiger partial charge in [-0.05, 0) is 29.8 Å². The summed E-state index contributed by atoms with van der Waals surface area (Å²) >= 11 is 6.16. The molecule has 0 saturated carbocycles. The molecule has 0 fully saturated rings. The van der Waals surface area contributed by atoms with Gasteiger partial charge in [0.1, 0.15) is 11.6 Å². The predicted octanol–water partition coefficient (Wildman–Crippen LogP) is 2.94. The van der Waals surface area contributed by atoms with Crippen LogP contribution in [0.2, 0.25) is 5.02 Å². The van der Waals surface area contributed by atoms with Crippen LogP contribution in [0.1, 0.15) is 11.1 Å². The lowest BCUT2D eigenvalue weighted by atomic mass is 10.0. The summed E-state index contributed by atoms with van der Waals surface area (Å²) in [5.74, 6) is -1.50. The maximum Gasteiger partial charge on any atom is 0.341 e. The second-order valence-corrected chi connectivity index (χ2v) is 7.47. The van der Waals surface area contributed by atoms with Gasteiger partial charge in [0.2, 0.25) is 0 Å². The quantitative estimate of drug-likeness (QED) is 0.843. The summed E-state index contributed by atoms with van der Waals surface area (Å²) in [4.78, 5) is 10.6. The van der Waals surface area contributed by atoms with Crippen LogP contribution in [0.15, 0.2) is 41.3 Å². The van der Waals surface area contributed by atoms with Crippen molar-refractivity contribution in [1.29, 1.82) is 0 Å². The van der Waals surface area contributed by atoms with Crippen molar-refractivity contribution < 1.29 is 27.4 Å². The van der Waals surface area contributed by atoms with Crippen LogP contribution < -0.4 is 4.74 Å². The van der Waals surface area contributed by atoms with Crippen molar-refractivity contribution in [3.05, 3.63) is 58.4 Å². The molecule has 128 valence electrons. The number of sulfone groups is 1. The average Bonchev–Trinajstić information content (AvgIpc) is 2.47. The first-order valence-electron chi connectivity index (χ1n) is 6.79. The third-order valence-electron chi connectivity index (χ3n) is 3.20. The molecule has 0 bridgehead atoms. The van der Waals surface area contributed by atoms with Crippen molar-refractivity contribution in [3.63, 3.8) is 0 Å². The molecule has 0 heterocycles. The fourth-order valence-electron chi connectivity index (χ4n) is 2.15. The van der Waals surface area contributed by atoms with Crippen molar-refractivity contribution in [2.75, 3.05) is 12.9 Å². The van der Waals surface area contributed by atoms with E-state index in [4.69, 9.17) is 21.4 Å². The Hall–Kier alpha value is -2.12. The molecule has 0 unspecified atom stereocenters. The fourth-order valence-corrected chi connectivity index (χ4v) is 3.55. The number of halogens is 2. The van der Waals surface area contributed by atoms with Gasteiger partial charge in [0.25, 0.3) is 0 Å². The number of aliphatic carboxylic acids is 1. The lowest BCUT2D eigenvalue weighted by Gasteiger charge is -2.12. The van der Waals surface area contributed by atoms with E-state index in [-0.39, 0.29) is 22.1 Å². The molecule has 2 rings (SSSR count). The summed E-state index contributed by atoms with van der Waals surface area (Å²) in [6.07, 6.45) is 1.14. The second kappa shape index (κ2) is 7.19. The monoisotopic (exact) mass is 372 g/mol. The summed E-state index contributed by atoms with van der Waals surface area (Å²) in [6.45, 7) is -0.574. The van der Waals surface area contributed by atoms with Gasteiger partial charge in [-0.2, -0.15) is 0 Å². The van der Waals surface area contributed by atoms with Gasteiger partial charge in [-0.25, -0.2) is 17.6 Å². The summed E-state index contributed by atoms with van der Waals surface area (Å²) in [5, 5.41) is 8.74. The molecule has 0 aromatic heterocycles. The second-order valence-electron chi connectivity index (χ2n) is 5.11. The number of rotatable bonds is 6. The van der Waals surface area contributed by atoms with E-state index in [1.165, 1.54) is 24.3 Å². The first kappa shape index (κ1) is 18.2. The normalized spacial score (nSPS) is 11.3. The summed E-state index contributed by atoms with van der Waals surface area (Å²) in [7, 11) is -3.50. The van der Waals surface area contributed by atoms with Crippen molar-refractivity contribution in [2.45, 2.75) is 11.3 Å². The molecule has 2 aromatic rings. The van der Waals surface area contributed by atoms with E-state index in [0.717, 1.165) is 12.3 Å². The van der Waals surface area contributed by atoms with Crippen LogP contribution in [0, 0.1) is 5.82 Å². The molecule has 0 saturated heterocycles. The van der Waals surface area contributed by atoms with Crippen molar-refractivity contribution in [1.82, 2.24) is 0 Å². The van der Waals surface area contributed by atoms with E-state index >= 15 is 0 Å². The lowest BCUT2D eigenvalue weighted by molar-refractivity contribution is -0.139. The van der Waals surface area contributed by atoms with Crippen LogP contribution in [0.3, 0.4) is 0 Å². The maximum atomic E-state index is 13.5. The molecular weight excluding hydrogens is 359 g/mol. The van der Waals surface area contributed by atoms with Crippen LogP contribution in [-0.2, 0) is 21.1 Å². The fraction of sp³-hybridized carbons (Fsp3) is 0.188. The molecule has 0 aliphatic heterocycles. The maximum absolute atomic E-state index is 13.5. The molecule has 5 nitrogen and oxygen atoms in total. The Morgan fingerprint density at radius 3 is 2.58 bits per heavy atom. The number of hydrogen-bond acceptors (Lipinski definition) is 4. The highest BCUT2D eigenvalue weighted by molar-refractivity contribution is 7.90. The van der Waals surface area contributed by atoms with Crippen LogP contribution in [0.25, 0.3) is 0 Å². The highest BCUT2D eigenvalue weighted by Crippen LogP contribution is 2.30. The van der Waals surface area contributed by atoms with Crippen LogP contribution in [0.4, 0.5) is 4.39 Å². The zero-order chi connectivity index (χ0) is 17.9. The number of carbonyl (C=O) groups is 1. The van der Waals surface area contributed by atoms with Gasteiger partial charge in [0, 0.05) is 18.2 Å². The Bertz CT molecular complexity index is 880. The third kappa shape index (κ3) is 4.46. The Morgan fingerprint density at radius 1 is 1.25 bits per heavy atom. The van der Waals surface area contributed by atoms with Crippen molar-refractivity contribution >= 4 is 27.4 Å². The molecular formula is C16H14ClFO5S. The van der Waals surface area contributed by atoms with Crippen LogP contribution in [0.5, 0.6) is 5.75 Å². The molecule has 0 spiro atoms. The van der Waals surface area contributed by atoms with Gasteiger partial charge < -0.3 is 9.84 Å². The number of hydrogen-bond donors (Lipinski definition) is 1. The Balaban J connectivity index is 2.41. The van der Waals surface area contributed by atoms with E-state index in [9.17, 15) is 17.6 Å². The minimum absolute atomic E-state index is 0.0222. The van der Waals surface area contributed by atoms with Gasteiger partial charge in [0.05, 0.1) is 9.92 Å². The standard InChI is InChI=1S/C16H14ClFO5S/c1-24(21,22)14-4-2-3-10(16(14)17)7-11-8-12(18)5-6-13(11)23-9-15(19)20/h2-6,8H,7,9H2,1H3,(H,19,20).